The predicted octanol–water partition coefficient (Wildman–Crippen LogP) is 2.73. The molecule has 0 N–H and O–H groups in total. The summed E-state index contributed by atoms with van der Waals surface area (Å²) < 4.78 is 0. The minimum atomic E-state index is -0.00583. The topological polar surface area (TPSA) is 20.3 Å². The van der Waals surface area contributed by atoms with Crippen molar-refractivity contribution >= 4 is 21.8 Å². The molecule has 0 radical (unpaired) electrons. The van der Waals surface area contributed by atoms with Gasteiger partial charge in [0.1, 0.15) is 0 Å². The average Bonchev–Trinajstić information content (AvgIpc) is 2.20. The van der Waals surface area contributed by atoms with Gasteiger partial charge in [0, 0.05) is 13.1 Å². The van der Waals surface area contributed by atoms with Crippen molar-refractivity contribution < 1.29 is 4.79 Å². The second-order valence-electron chi connectivity index (χ2n) is 3.95. The van der Waals surface area contributed by atoms with E-state index in [0.717, 1.165) is 25.9 Å². The van der Waals surface area contributed by atoms with Gasteiger partial charge >= 0.3 is 0 Å². The lowest BCUT2D eigenvalue weighted by Crippen LogP contribution is -2.40. The molecule has 0 aromatic heterocycles. The van der Waals surface area contributed by atoms with Gasteiger partial charge in [0.2, 0.25) is 5.91 Å². The van der Waals surface area contributed by atoms with Crippen molar-refractivity contribution in [3.05, 3.63) is 11.1 Å². The third-order valence-electron chi connectivity index (χ3n) is 2.85. The van der Waals surface area contributed by atoms with E-state index in [1.165, 1.54) is 11.1 Å². The van der Waals surface area contributed by atoms with Gasteiger partial charge in [-0.2, -0.15) is 0 Å². The Kier molecular flexibility index (Phi) is 4.17. The molecule has 1 atom stereocenters. The van der Waals surface area contributed by atoms with Crippen LogP contribution in [0.1, 0.15) is 33.6 Å². The summed E-state index contributed by atoms with van der Waals surface area (Å²) in [7, 11) is 0. The van der Waals surface area contributed by atoms with Gasteiger partial charge in [0.15, 0.2) is 0 Å². The van der Waals surface area contributed by atoms with Crippen LogP contribution in [0.2, 0.25) is 0 Å². The second-order valence-corrected chi connectivity index (χ2v) is 5.05. The van der Waals surface area contributed by atoms with Crippen LogP contribution >= 0.6 is 15.9 Å². The maximum Gasteiger partial charge on any atom is 0.236 e. The van der Waals surface area contributed by atoms with Gasteiger partial charge in [-0.3, -0.25) is 4.79 Å². The molecule has 0 fully saturated rings. The molecule has 0 saturated heterocycles. The van der Waals surface area contributed by atoms with E-state index in [-0.39, 0.29) is 10.7 Å². The van der Waals surface area contributed by atoms with Gasteiger partial charge in [-0.25, -0.2) is 0 Å². The van der Waals surface area contributed by atoms with Crippen LogP contribution in [0.25, 0.3) is 0 Å². The van der Waals surface area contributed by atoms with E-state index in [4.69, 9.17) is 0 Å². The number of carbonyl (C=O) groups excluding carboxylic acids is 1. The smallest absolute Gasteiger partial charge is 0.236 e. The Hall–Kier alpha value is -0.310. The lowest BCUT2D eigenvalue weighted by molar-refractivity contribution is -0.130. The Morgan fingerprint density at radius 3 is 2.64 bits per heavy atom. The number of rotatable bonds is 2. The molecule has 1 aliphatic heterocycles. The Labute approximate surface area is 94.5 Å². The molecule has 2 nitrogen and oxygen atoms in total. The third-order valence-corrected chi connectivity index (χ3v) is 3.89. The van der Waals surface area contributed by atoms with Gasteiger partial charge in [-0.05, 0) is 26.7 Å². The molecular formula is C11H18BrNO. The molecular weight excluding hydrogens is 242 g/mol. The normalized spacial score (nSPS) is 19.9. The molecule has 0 aromatic carbocycles. The Morgan fingerprint density at radius 1 is 1.50 bits per heavy atom. The highest BCUT2D eigenvalue weighted by Gasteiger charge is 2.23. The van der Waals surface area contributed by atoms with E-state index in [9.17, 15) is 4.79 Å². The number of nitrogens with zero attached hydrogens (tertiary/aromatic N) is 1. The van der Waals surface area contributed by atoms with E-state index < -0.39 is 0 Å². The molecule has 1 aliphatic rings. The van der Waals surface area contributed by atoms with Crippen LogP contribution < -0.4 is 0 Å². The number of hydrogen-bond donors (Lipinski definition) is 0. The first-order valence-electron chi connectivity index (χ1n) is 5.14. The van der Waals surface area contributed by atoms with Crippen molar-refractivity contribution in [1.82, 2.24) is 4.90 Å². The zero-order valence-electron chi connectivity index (χ0n) is 9.14. The van der Waals surface area contributed by atoms with Gasteiger partial charge in [0.25, 0.3) is 0 Å². The SMILES string of the molecule is CCC(Br)C(=O)N1CCC(C)=C(C)C1. The molecule has 0 aromatic rings. The van der Waals surface area contributed by atoms with Crippen LogP contribution in [0.15, 0.2) is 11.1 Å². The first kappa shape index (κ1) is 11.8. The summed E-state index contributed by atoms with van der Waals surface area (Å²) in [5.74, 6) is 0.236. The molecule has 80 valence electrons. The Morgan fingerprint density at radius 2 is 2.14 bits per heavy atom. The monoisotopic (exact) mass is 259 g/mol. The number of amides is 1. The van der Waals surface area contributed by atoms with E-state index in [2.05, 4.69) is 29.8 Å². The van der Waals surface area contributed by atoms with Gasteiger partial charge < -0.3 is 4.90 Å². The van der Waals surface area contributed by atoms with Gasteiger partial charge in [-0.15, -0.1) is 0 Å². The first-order valence-corrected chi connectivity index (χ1v) is 6.06. The zero-order chi connectivity index (χ0) is 10.7. The summed E-state index contributed by atoms with van der Waals surface area (Å²) in [6.45, 7) is 7.98. The summed E-state index contributed by atoms with van der Waals surface area (Å²) in [5.41, 5.74) is 2.79. The number of alkyl halides is 1. The highest BCUT2D eigenvalue weighted by Crippen LogP contribution is 2.19. The lowest BCUT2D eigenvalue weighted by Gasteiger charge is -2.30. The lowest BCUT2D eigenvalue weighted by atomic mass is 10.0. The number of hydrogen-bond acceptors (Lipinski definition) is 1. The maximum absolute atomic E-state index is 11.8. The predicted molar refractivity (Wildman–Crippen MR) is 62.6 cm³/mol. The summed E-state index contributed by atoms with van der Waals surface area (Å²) in [6, 6.07) is 0. The molecule has 0 bridgehead atoms. The van der Waals surface area contributed by atoms with Crippen LogP contribution in [0, 0.1) is 0 Å². The zero-order valence-corrected chi connectivity index (χ0v) is 10.7. The van der Waals surface area contributed by atoms with Gasteiger partial charge in [-0.1, -0.05) is 34.0 Å². The summed E-state index contributed by atoms with van der Waals surface area (Å²) in [4.78, 5) is 13.8. The molecule has 14 heavy (non-hydrogen) atoms. The quantitative estimate of drug-likeness (QED) is 0.552. The van der Waals surface area contributed by atoms with Crippen LogP contribution in [0.4, 0.5) is 0 Å². The molecule has 3 heteroatoms. The molecule has 1 amide bonds. The minimum absolute atomic E-state index is 0.00583. The van der Waals surface area contributed by atoms with E-state index in [1.807, 2.05) is 11.8 Å². The summed E-state index contributed by atoms with van der Waals surface area (Å²) in [5, 5.41) is 0. The second kappa shape index (κ2) is 4.96. The Balaban J connectivity index is 2.61. The Bertz CT molecular complexity index is 260. The minimum Gasteiger partial charge on any atom is -0.337 e. The van der Waals surface area contributed by atoms with Crippen molar-refractivity contribution in [3.63, 3.8) is 0 Å². The molecule has 1 rings (SSSR count). The highest BCUT2D eigenvalue weighted by atomic mass is 79.9. The van der Waals surface area contributed by atoms with Crippen LogP contribution in [-0.4, -0.2) is 28.7 Å². The number of halogens is 1. The van der Waals surface area contributed by atoms with E-state index in [0.29, 0.717) is 0 Å². The molecule has 0 spiro atoms. The van der Waals surface area contributed by atoms with E-state index in [1.54, 1.807) is 0 Å². The standard InChI is InChI=1S/C11H18BrNO/c1-4-10(12)11(14)13-6-5-8(2)9(3)7-13/h10H,4-7H2,1-3H3. The van der Waals surface area contributed by atoms with Crippen molar-refractivity contribution in [1.29, 1.82) is 0 Å². The molecule has 0 aliphatic carbocycles. The third kappa shape index (κ3) is 2.59. The van der Waals surface area contributed by atoms with Crippen LogP contribution in [0.3, 0.4) is 0 Å². The van der Waals surface area contributed by atoms with Crippen molar-refractivity contribution in [2.75, 3.05) is 13.1 Å². The van der Waals surface area contributed by atoms with Crippen molar-refractivity contribution in [2.24, 2.45) is 0 Å². The van der Waals surface area contributed by atoms with Crippen molar-refractivity contribution in [2.45, 2.75) is 38.4 Å². The van der Waals surface area contributed by atoms with Crippen molar-refractivity contribution in [3.8, 4) is 0 Å². The molecule has 1 unspecified atom stereocenters. The van der Waals surface area contributed by atoms with E-state index >= 15 is 0 Å². The average molecular weight is 260 g/mol. The molecule has 0 saturated carbocycles. The van der Waals surface area contributed by atoms with Crippen LogP contribution in [0.5, 0.6) is 0 Å². The van der Waals surface area contributed by atoms with Gasteiger partial charge in [0.05, 0.1) is 4.83 Å². The number of carbonyl (C=O) groups is 1. The fourth-order valence-corrected chi connectivity index (χ4v) is 1.87. The largest absolute Gasteiger partial charge is 0.337 e. The summed E-state index contributed by atoms with van der Waals surface area (Å²) in [6.07, 6.45) is 1.89. The van der Waals surface area contributed by atoms with Crippen LogP contribution in [-0.2, 0) is 4.79 Å². The fraction of sp³-hybridized carbons (Fsp3) is 0.727. The molecule has 1 heterocycles. The summed E-state index contributed by atoms with van der Waals surface area (Å²) >= 11 is 3.41. The maximum atomic E-state index is 11.8. The first-order chi connectivity index (χ1) is 6.56. The highest BCUT2D eigenvalue weighted by molar-refractivity contribution is 9.10. The fourth-order valence-electron chi connectivity index (χ4n) is 1.58.